The molecule has 2 fully saturated rings. The third kappa shape index (κ3) is 1.34. The van der Waals surface area contributed by atoms with Crippen LogP contribution in [0.5, 0.6) is 0 Å². The maximum Gasteiger partial charge on any atom is 0.234 e. The van der Waals surface area contributed by atoms with Crippen molar-refractivity contribution in [3.05, 3.63) is 0 Å². The average molecular weight is 168 g/mol. The van der Waals surface area contributed by atoms with E-state index in [1.807, 2.05) is 4.90 Å². The van der Waals surface area contributed by atoms with Gasteiger partial charge in [0.15, 0.2) is 0 Å². The molecule has 1 N–H and O–H groups in total. The predicted molar refractivity (Wildman–Crippen MR) is 42.6 cm³/mol. The second-order valence-corrected chi connectivity index (χ2v) is 3.44. The second kappa shape index (κ2) is 2.86. The predicted octanol–water partition coefficient (Wildman–Crippen LogP) is -0.850. The molecule has 2 heterocycles. The number of carbonyl (C=O) groups is 2. The topological polar surface area (TPSA) is 49.4 Å². The molecule has 0 spiro atoms. The highest BCUT2D eigenvalue weighted by molar-refractivity contribution is 5.84. The molecule has 0 aromatic heterocycles. The molecular formula is C8H12N2O2. The van der Waals surface area contributed by atoms with Gasteiger partial charge in [0.05, 0.1) is 13.1 Å². The molecular weight excluding hydrogens is 156 g/mol. The van der Waals surface area contributed by atoms with Crippen LogP contribution in [0.3, 0.4) is 0 Å². The van der Waals surface area contributed by atoms with Gasteiger partial charge in [-0.2, -0.15) is 0 Å². The van der Waals surface area contributed by atoms with E-state index in [1.54, 1.807) is 0 Å². The van der Waals surface area contributed by atoms with Crippen molar-refractivity contribution in [3.63, 3.8) is 0 Å². The number of amides is 1. The summed E-state index contributed by atoms with van der Waals surface area (Å²) in [6.07, 6.45) is 1.58. The molecule has 2 aliphatic heterocycles. The molecule has 66 valence electrons. The summed E-state index contributed by atoms with van der Waals surface area (Å²) in [5, 5.41) is 2.80. The lowest BCUT2D eigenvalue weighted by molar-refractivity contribution is -0.130. The minimum absolute atomic E-state index is 0.0425. The van der Waals surface area contributed by atoms with Crippen molar-refractivity contribution in [2.45, 2.75) is 18.9 Å². The highest BCUT2D eigenvalue weighted by Gasteiger charge is 2.31. The van der Waals surface area contributed by atoms with Crippen molar-refractivity contribution in [2.24, 2.45) is 0 Å². The maximum absolute atomic E-state index is 11.1. The summed E-state index contributed by atoms with van der Waals surface area (Å²) < 4.78 is 0. The van der Waals surface area contributed by atoms with Gasteiger partial charge in [0.1, 0.15) is 5.78 Å². The summed E-state index contributed by atoms with van der Waals surface area (Å²) in [5.74, 6) is 0.307. The standard InChI is InChI=1S/C8H12N2O2/c11-7-2-1-6-3-9-8(12)5-10(6)4-7/h6H,1-5H2,(H,9,12)/t6-/m1/s1. The zero-order valence-corrected chi connectivity index (χ0v) is 6.88. The van der Waals surface area contributed by atoms with E-state index in [9.17, 15) is 9.59 Å². The molecule has 2 rings (SSSR count). The molecule has 2 saturated heterocycles. The first-order valence-electron chi connectivity index (χ1n) is 4.28. The zero-order valence-electron chi connectivity index (χ0n) is 6.88. The van der Waals surface area contributed by atoms with E-state index in [4.69, 9.17) is 0 Å². The lowest BCUT2D eigenvalue weighted by Gasteiger charge is -2.37. The molecule has 4 nitrogen and oxygen atoms in total. The van der Waals surface area contributed by atoms with E-state index in [0.717, 1.165) is 6.42 Å². The monoisotopic (exact) mass is 168 g/mol. The quantitative estimate of drug-likeness (QED) is 0.512. The molecule has 0 aromatic carbocycles. The third-order valence-electron chi connectivity index (χ3n) is 2.53. The Morgan fingerprint density at radius 3 is 3.00 bits per heavy atom. The first-order valence-corrected chi connectivity index (χ1v) is 4.28. The Morgan fingerprint density at radius 2 is 2.17 bits per heavy atom. The smallest absolute Gasteiger partial charge is 0.234 e. The number of nitrogens with one attached hydrogen (secondary N) is 1. The van der Waals surface area contributed by atoms with Crippen molar-refractivity contribution < 1.29 is 9.59 Å². The number of hydrogen-bond acceptors (Lipinski definition) is 3. The Balaban J connectivity index is 2.03. The Bertz CT molecular complexity index is 205. The summed E-state index contributed by atoms with van der Waals surface area (Å²) >= 11 is 0. The number of piperazine rings is 1. The van der Waals surface area contributed by atoms with Crippen LogP contribution in [0.15, 0.2) is 0 Å². The van der Waals surface area contributed by atoms with Crippen molar-refractivity contribution in [3.8, 4) is 0 Å². The normalized spacial score (nSPS) is 31.2. The molecule has 0 aliphatic carbocycles. The molecule has 0 aromatic rings. The van der Waals surface area contributed by atoms with E-state index >= 15 is 0 Å². The fraction of sp³-hybridized carbons (Fsp3) is 0.750. The zero-order chi connectivity index (χ0) is 8.55. The lowest BCUT2D eigenvalue weighted by atomic mass is 9.99. The number of fused-ring (bicyclic) bond motifs is 1. The van der Waals surface area contributed by atoms with Gasteiger partial charge in [0, 0.05) is 19.0 Å². The van der Waals surface area contributed by atoms with Crippen molar-refractivity contribution in [1.82, 2.24) is 10.2 Å². The molecule has 0 unspecified atom stereocenters. The molecule has 4 heteroatoms. The van der Waals surface area contributed by atoms with Gasteiger partial charge in [-0.25, -0.2) is 0 Å². The maximum atomic E-state index is 11.1. The Morgan fingerprint density at radius 1 is 1.33 bits per heavy atom. The molecule has 2 aliphatic rings. The summed E-state index contributed by atoms with van der Waals surface area (Å²) in [6, 6.07) is 0.403. The number of nitrogens with zero attached hydrogens (tertiary/aromatic N) is 1. The SMILES string of the molecule is O=C1CC[C@@H]2CNC(=O)CN2C1. The Kier molecular flexibility index (Phi) is 1.84. The number of hydrogen-bond donors (Lipinski definition) is 1. The fourth-order valence-electron chi connectivity index (χ4n) is 1.83. The van der Waals surface area contributed by atoms with Gasteiger partial charge in [-0.1, -0.05) is 0 Å². The summed E-state index contributed by atoms with van der Waals surface area (Å²) in [4.78, 5) is 24.0. The van der Waals surface area contributed by atoms with E-state index in [1.165, 1.54) is 0 Å². The van der Waals surface area contributed by atoms with Gasteiger partial charge in [-0.15, -0.1) is 0 Å². The number of rotatable bonds is 0. The second-order valence-electron chi connectivity index (χ2n) is 3.44. The van der Waals surface area contributed by atoms with Gasteiger partial charge in [-0.05, 0) is 6.42 Å². The van der Waals surface area contributed by atoms with Gasteiger partial charge in [-0.3, -0.25) is 14.5 Å². The molecule has 0 radical (unpaired) electrons. The average Bonchev–Trinajstić information content (AvgIpc) is 2.03. The van der Waals surface area contributed by atoms with Crippen molar-refractivity contribution in [1.29, 1.82) is 0 Å². The van der Waals surface area contributed by atoms with Gasteiger partial charge < -0.3 is 5.32 Å². The number of carbonyl (C=O) groups excluding carboxylic acids is 2. The van der Waals surface area contributed by atoms with Crippen molar-refractivity contribution >= 4 is 11.7 Å². The minimum atomic E-state index is 0.0425. The number of piperidine rings is 1. The minimum Gasteiger partial charge on any atom is -0.353 e. The van der Waals surface area contributed by atoms with Crippen LogP contribution in [-0.4, -0.2) is 42.3 Å². The third-order valence-corrected chi connectivity index (χ3v) is 2.53. The van der Waals surface area contributed by atoms with Gasteiger partial charge >= 0.3 is 0 Å². The molecule has 0 bridgehead atoms. The first kappa shape index (κ1) is 7.73. The summed E-state index contributed by atoms with van der Waals surface area (Å²) in [6.45, 7) is 1.58. The Hall–Kier alpha value is -0.900. The lowest BCUT2D eigenvalue weighted by Crippen LogP contribution is -2.57. The first-order chi connectivity index (χ1) is 5.75. The largest absolute Gasteiger partial charge is 0.353 e. The van der Waals surface area contributed by atoms with Crippen molar-refractivity contribution in [2.75, 3.05) is 19.6 Å². The summed E-state index contributed by atoms with van der Waals surface area (Å²) in [5.41, 5.74) is 0. The molecule has 0 saturated carbocycles. The molecule has 1 amide bonds. The van der Waals surface area contributed by atoms with E-state index in [0.29, 0.717) is 32.1 Å². The Labute approximate surface area is 70.9 Å². The van der Waals surface area contributed by atoms with Gasteiger partial charge in [0.2, 0.25) is 5.91 Å². The highest BCUT2D eigenvalue weighted by Crippen LogP contribution is 2.15. The highest BCUT2D eigenvalue weighted by atomic mass is 16.2. The molecule has 1 atom stereocenters. The number of ketones is 1. The van der Waals surface area contributed by atoms with Crippen LogP contribution in [0.25, 0.3) is 0 Å². The van der Waals surface area contributed by atoms with E-state index in [-0.39, 0.29) is 11.7 Å². The van der Waals surface area contributed by atoms with E-state index in [2.05, 4.69) is 5.32 Å². The number of Topliss-reactive ketones (excluding diaryl/α,β-unsaturated/α-hetero) is 1. The fourth-order valence-corrected chi connectivity index (χ4v) is 1.83. The molecule has 12 heavy (non-hydrogen) atoms. The van der Waals surface area contributed by atoms with Crippen LogP contribution in [0, 0.1) is 0 Å². The van der Waals surface area contributed by atoms with Crippen LogP contribution in [0.2, 0.25) is 0 Å². The van der Waals surface area contributed by atoms with Crippen LogP contribution >= 0.6 is 0 Å². The van der Waals surface area contributed by atoms with Crippen LogP contribution in [0.4, 0.5) is 0 Å². The van der Waals surface area contributed by atoms with Crippen LogP contribution < -0.4 is 5.32 Å². The van der Waals surface area contributed by atoms with Gasteiger partial charge in [0.25, 0.3) is 0 Å². The van der Waals surface area contributed by atoms with Crippen LogP contribution in [0.1, 0.15) is 12.8 Å². The van der Waals surface area contributed by atoms with Crippen LogP contribution in [-0.2, 0) is 9.59 Å². The van der Waals surface area contributed by atoms with E-state index < -0.39 is 0 Å². The summed E-state index contributed by atoms with van der Waals surface area (Å²) in [7, 11) is 0.